The Morgan fingerprint density at radius 2 is 1.35 bits per heavy atom. The van der Waals surface area contributed by atoms with Crippen LogP contribution in [-0.4, -0.2) is 0 Å². The number of hydrogen-bond acceptors (Lipinski definition) is 0. The summed E-state index contributed by atoms with van der Waals surface area (Å²) in [6.45, 7) is 2.31. The number of rotatable bonds is 4. The predicted molar refractivity (Wildman–Crippen MR) is 92.3 cm³/mol. The smallest absolute Gasteiger partial charge is 0.174 e. The molecule has 0 aliphatic heterocycles. The van der Waals surface area contributed by atoms with Crippen LogP contribution in [0.5, 0.6) is 0 Å². The second kappa shape index (κ2) is 8.12. The molecule has 0 aromatic rings. The van der Waals surface area contributed by atoms with E-state index in [4.69, 9.17) is 0 Å². The fourth-order valence-corrected chi connectivity index (χ4v) is 6.08. The Balaban J connectivity index is 1.47. The van der Waals surface area contributed by atoms with Crippen LogP contribution < -0.4 is 0 Å². The van der Waals surface area contributed by atoms with Crippen molar-refractivity contribution in [1.29, 1.82) is 0 Å². The minimum atomic E-state index is -1.47. The van der Waals surface area contributed by atoms with Crippen molar-refractivity contribution in [2.75, 3.05) is 0 Å². The summed E-state index contributed by atoms with van der Waals surface area (Å²) in [5.74, 6) is 4.66. The highest BCUT2D eigenvalue weighted by molar-refractivity contribution is 4.96. The van der Waals surface area contributed by atoms with Gasteiger partial charge in [0.1, 0.15) is 0 Å². The molecule has 1 unspecified atom stereocenters. The van der Waals surface area contributed by atoms with Gasteiger partial charge in [-0.05, 0) is 93.0 Å². The van der Waals surface area contributed by atoms with E-state index in [0.717, 1.165) is 42.4 Å². The molecule has 0 bridgehead atoms. The zero-order valence-electron chi connectivity index (χ0n) is 14.8. The second-order valence-corrected chi connectivity index (χ2v) is 8.69. The summed E-state index contributed by atoms with van der Waals surface area (Å²) < 4.78 is 25.0. The normalized spacial score (nSPS) is 41.2. The van der Waals surface area contributed by atoms with Gasteiger partial charge < -0.3 is 0 Å². The molecule has 0 N–H and O–H groups in total. The molecule has 3 fully saturated rings. The highest BCUT2D eigenvalue weighted by Gasteiger charge is 2.38. The van der Waals surface area contributed by atoms with Crippen molar-refractivity contribution in [3.63, 3.8) is 0 Å². The van der Waals surface area contributed by atoms with Crippen LogP contribution in [0.2, 0.25) is 0 Å². The molecule has 4 atom stereocenters. The lowest BCUT2D eigenvalue weighted by Crippen LogP contribution is -2.34. The lowest BCUT2D eigenvalue weighted by molar-refractivity contribution is 0.0666. The van der Waals surface area contributed by atoms with Crippen molar-refractivity contribution in [3.8, 4) is 0 Å². The van der Waals surface area contributed by atoms with E-state index in [2.05, 4.69) is 6.92 Å². The van der Waals surface area contributed by atoms with Gasteiger partial charge in [-0.3, -0.25) is 0 Å². The van der Waals surface area contributed by atoms with Crippen molar-refractivity contribution in [2.45, 2.75) is 84.0 Å². The van der Waals surface area contributed by atoms with Gasteiger partial charge in [-0.2, -0.15) is 8.78 Å². The number of halogens is 2. The molecule has 3 aliphatic rings. The van der Waals surface area contributed by atoms with Crippen molar-refractivity contribution in [1.82, 2.24) is 0 Å². The Morgan fingerprint density at radius 3 is 2.00 bits per heavy atom. The van der Waals surface area contributed by atoms with Crippen LogP contribution in [0.25, 0.3) is 0 Å². The SMILES string of the molecule is CCCC1CCC([C@@H]2CC[C@@H]3CC(C=C(F)F)CC[C@@H]3C2)CC1. The summed E-state index contributed by atoms with van der Waals surface area (Å²) in [7, 11) is 0. The van der Waals surface area contributed by atoms with E-state index in [1.54, 1.807) is 0 Å². The largest absolute Gasteiger partial charge is 0.266 e. The quantitative estimate of drug-likeness (QED) is 0.512. The maximum absolute atomic E-state index is 12.5. The molecule has 0 spiro atoms. The van der Waals surface area contributed by atoms with Crippen LogP contribution in [0.15, 0.2) is 12.2 Å². The zero-order valence-corrected chi connectivity index (χ0v) is 14.8. The fraction of sp³-hybridized carbons (Fsp3) is 0.905. The van der Waals surface area contributed by atoms with Gasteiger partial charge >= 0.3 is 0 Å². The molecule has 0 aromatic heterocycles. The van der Waals surface area contributed by atoms with Crippen LogP contribution >= 0.6 is 0 Å². The Kier molecular flexibility index (Phi) is 6.15. The van der Waals surface area contributed by atoms with Crippen LogP contribution in [0.4, 0.5) is 8.78 Å². The summed E-state index contributed by atoms with van der Waals surface area (Å²) in [6.07, 6.45) is 15.7. The molecule has 0 aromatic carbocycles. The molecular weight excluding hydrogens is 290 g/mol. The van der Waals surface area contributed by atoms with E-state index >= 15 is 0 Å². The first-order valence-electron chi connectivity index (χ1n) is 10.2. The summed E-state index contributed by atoms with van der Waals surface area (Å²) >= 11 is 0. The van der Waals surface area contributed by atoms with E-state index in [-0.39, 0.29) is 5.92 Å². The van der Waals surface area contributed by atoms with Gasteiger partial charge in [0.25, 0.3) is 6.08 Å². The molecule has 0 heterocycles. The summed E-state index contributed by atoms with van der Waals surface area (Å²) in [5.41, 5.74) is 0. The van der Waals surface area contributed by atoms with E-state index in [9.17, 15) is 8.78 Å². The second-order valence-electron chi connectivity index (χ2n) is 8.69. The standard InChI is InChI=1S/C21H34F2/c1-2-3-15-4-7-17(8-5-15)19-11-10-18-12-16(13-21(22)23)6-9-20(18)14-19/h13,15-20H,2-12,14H2,1H3/t15?,16?,17?,18-,19-,20-/m1/s1. The minimum absolute atomic E-state index is 0.155. The van der Waals surface area contributed by atoms with E-state index < -0.39 is 6.08 Å². The minimum Gasteiger partial charge on any atom is -0.174 e. The van der Waals surface area contributed by atoms with Crippen LogP contribution in [0, 0.1) is 35.5 Å². The molecule has 3 aliphatic carbocycles. The van der Waals surface area contributed by atoms with Crippen molar-refractivity contribution in [3.05, 3.63) is 12.2 Å². The maximum atomic E-state index is 12.5. The first-order chi connectivity index (χ1) is 11.2. The van der Waals surface area contributed by atoms with Gasteiger partial charge in [0.05, 0.1) is 0 Å². The first-order valence-corrected chi connectivity index (χ1v) is 10.2. The van der Waals surface area contributed by atoms with Crippen molar-refractivity contribution in [2.24, 2.45) is 35.5 Å². The highest BCUT2D eigenvalue weighted by Crippen LogP contribution is 2.49. The Labute approximate surface area is 141 Å². The van der Waals surface area contributed by atoms with Gasteiger partial charge in [-0.15, -0.1) is 0 Å². The summed E-state index contributed by atoms with van der Waals surface area (Å²) in [4.78, 5) is 0. The molecule has 0 saturated heterocycles. The van der Waals surface area contributed by atoms with E-state index in [0.29, 0.717) is 0 Å². The third-order valence-electron chi connectivity index (χ3n) is 7.31. The lowest BCUT2D eigenvalue weighted by atomic mass is 9.61. The van der Waals surface area contributed by atoms with Crippen LogP contribution in [0.3, 0.4) is 0 Å². The lowest BCUT2D eigenvalue weighted by Gasteiger charge is -2.45. The van der Waals surface area contributed by atoms with E-state index in [1.807, 2.05) is 0 Å². The summed E-state index contributed by atoms with van der Waals surface area (Å²) in [5, 5.41) is 0. The Bertz CT molecular complexity index is 391. The topological polar surface area (TPSA) is 0 Å². The molecule has 0 radical (unpaired) electrons. The average Bonchev–Trinajstić information content (AvgIpc) is 2.55. The Morgan fingerprint density at radius 1 is 0.783 bits per heavy atom. The molecule has 3 saturated carbocycles. The van der Waals surface area contributed by atoms with Crippen LogP contribution in [0.1, 0.15) is 84.0 Å². The number of fused-ring (bicyclic) bond motifs is 1. The fourth-order valence-electron chi connectivity index (χ4n) is 6.08. The highest BCUT2D eigenvalue weighted by atomic mass is 19.3. The van der Waals surface area contributed by atoms with Crippen LogP contribution in [-0.2, 0) is 0 Å². The van der Waals surface area contributed by atoms with E-state index in [1.165, 1.54) is 70.3 Å². The van der Waals surface area contributed by atoms with Crippen molar-refractivity contribution >= 4 is 0 Å². The number of allylic oxidation sites excluding steroid dienone is 1. The predicted octanol–water partition coefficient (Wildman–Crippen LogP) is 7.21. The molecule has 23 heavy (non-hydrogen) atoms. The third-order valence-corrected chi connectivity index (χ3v) is 7.31. The molecule has 0 nitrogen and oxygen atoms in total. The maximum Gasteiger partial charge on any atom is 0.266 e. The zero-order chi connectivity index (χ0) is 16.2. The Hall–Kier alpha value is -0.400. The summed E-state index contributed by atoms with van der Waals surface area (Å²) in [6, 6.07) is 0. The molecule has 3 rings (SSSR count). The molecule has 0 amide bonds. The van der Waals surface area contributed by atoms with Crippen molar-refractivity contribution < 1.29 is 8.78 Å². The van der Waals surface area contributed by atoms with Gasteiger partial charge in [-0.1, -0.05) is 32.6 Å². The molecular formula is C21H34F2. The molecule has 132 valence electrons. The molecule has 2 heteroatoms. The third kappa shape index (κ3) is 4.57. The number of hydrogen-bond donors (Lipinski definition) is 0. The van der Waals surface area contributed by atoms with Gasteiger partial charge in [0, 0.05) is 0 Å². The van der Waals surface area contributed by atoms with Gasteiger partial charge in [-0.25, -0.2) is 0 Å². The monoisotopic (exact) mass is 324 g/mol. The average molecular weight is 324 g/mol. The first kappa shape index (κ1) is 17.4. The van der Waals surface area contributed by atoms with Gasteiger partial charge in [0.15, 0.2) is 0 Å². The van der Waals surface area contributed by atoms with Gasteiger partial charge in [0.2, 0.25) is 0 Å².